The first-order valence-electron chi connectivity index (χ1n) is 7.35. The maximum atomic E-state index is 14.3. The van der Waals surface area contributed by atoms with Gasteiger partial charge in [0, 0.05) is 24.7 Å². The van der Waals surface area contributed by atoms with Crippen molar-refractivity contribution in [1.29, 1.82) is 0 Å². The topological polar surface area (TPSA) is 102 Å². The van der Waals surface area contributed by atoms with Crippen LogP contribution in [-0.2, 0) is 20.3 Å². The lowest BCUT2D eigenvalue weighted by molar-refractivity contribution is 0.119. The lowest BCUT2D eigenvalue weighted by Crippen LogP contribution is -2.53. The van der Waals surface area contributed by atoms with Crippen LogP contribution in [0.25, 0.3) is 0 Å². The largest absolute Gasteiger partial charge is 0.445 e. The predicted molar refractivity (Wildman–Crippen MR) is 87.1 cm³/mol. The van der Waals surface area contributed by atoms with Gasteiger partial charge in [-0.15, -0.1) is 0 Å². The second-order valence-corrected chi connectivity index (χ2v) is 7.72. The molecule has 1 aliphatic rings. The molecule has 0 saturated carbocycles. The number of nitrogens with two attached hydrogens (primary N) is 1. The van der Waals surface area contributed by atoms with Crippen LogP contribution in [0.1, 0.15) is 5.56 Å². The van der Waals surface area contributed by atoms with Gasteiger partial charge in [0.15, 0.2) is 0 Å². The molecule has 0 spiro atoms. The van der Waals surface area contributed by atoms with Crippen LogP contribution in [0, 0.1) is 11.6 Å². The van der Waals surface area contributed by atoms with E-state index in [0.717, 1.165) is 17.0 Å². The number of likely N-dealkylation sites (tertiary alicyclic amines) is 1. The van der Waals surface area contributed by atoms with Crippen LogP contribution >= 0.6 is 0 Å². The van der Waals surface area contributed by atoms with Gasteiger partial charge in [0.05, 0.1) is 5.54 Å². The molecule has 1 saturated heterocycles. The Kier molecular flexibility index (Phi) is 5.45. The molecule has 1 aliphatic heterocycles. The highest BCUT2D eigenvalue weighted by molar-refractivity contribution is 7.90. The first-order valence-corrected chi connectivity index (χ1v) is 8.89. The summed E-state index contributed by atoms with van der Waals surface area (Å²) in [6.45, 7) is 2.74. The molecule has 2 rings (SSSR count). The Morgan fingerprint density at radius 2 is 2.24 bits per heavy atom. The van der Waals surface area contributed by atoms with Gasteiger partial charge in [0.25, 0.3) is 0 Å². The quantitative estimate of drug-likeness (QED) is 0.737. The SMILES string of the molecule is C=CCOC(=O)N1C[C@H](S(=O)(=O)NC)[C@@](N)(c2ccc(F)cc2F)C1. The second kappa shape index (κ2) is 7.06. The average Bonchev–Trinajstić information content (AvgIpc) is 2.92. The molecule has 7 nitrogen and oxygen atoms in total. The first-order chi connectivity index (χ1) is 11.7. The van der Waals surface area contributed by atoms with Crippen LogP contribution in [0.5, 0.6) is 0 Å². The Morgan fingerprint density at radius 3 is 2.80 bits per heavy atom. The van der Waals surface area contributed by atoms with E-state index in [-0.39, 0.29) is 25.3 Å². The summed E-state index contributed by atoms with van der Waals surface area (Å²) >= 11 is 0. The van der Waals surface area contributed by atoms with Gasteiger partial charge in [-0.05, 0) is 13.1 Å². The number of amides is 1. The second-order valence-electron chi connectivity index (χ2n) is 5.65. The molecule has 1 aromatic carbocycles. The number of ether oxygens (including phenoxy) is 1. The molecule has 0 radical (unpaired) electrons. The highest BCUT2D eigenvalue weighted by Crippen LogP contribution is 2.35. The van der Waals surface area contributed by atoms with Crippen molar-refractivity contribution in [2.45, 2.75) is 10.8 Å². The molecule has 138 valence electrons. The van der Waals surface area contributed by atoms with E-state index in [9.17, 15) is 22.0 Å². The molecule has 1 heterocycles. The van der Waals surface area contributed by atoms with Gasteiger partial charge in [-0.3, -0.25) is 0 Å². The minimum Gasteiger partial charge on any atom is -0.445 e. The summed E-state index contributed by atoms with van der Waals surface area (Å²) in [5.74, 6) is -1.81. The zero-order valence-electron chi connectivity index (χ0n) is 13.5. The number of nitrogens with one attached hydrogen (secondary N) is 1. The van der Waals surface area contributed by atoms with Crippen molar-refractivity contribution in [1.82, 2.24) is 9.62 Å². The standard InChI is InChI=1S/C15H19F2N3O4S/c1-3-6-24-14(21)20-8-13(25(22,23)19-2)15(18,9-20)11-5-4-10(16)7-12(11)17/h3-5,7,13,19H,1,6,8-9,18H2,2H3/t13-,15-/m0/s1. The molecule has 1 amide bonds. The molecule has 25 heavy (non-hydrogen) atoms. The van der Waals surface area contributed by atoms with Gasteiger partial charge in [-0.2, -0.15) is 0 Å². The van der Waals surface area contributed by atoms with Crippen LogP contribution in [-0.4, -0.2) is 51.4 Å². The van der Waals surface area contributed by atoms with E-state index in [1.807, 2.05) is 0 Å². The fraction of sp³-hybridized carbons (Fsp3) is 0.400. The molecule has 2 atom stereocenters. The number of carbonyl (C=O) groups excluding carboxylic acids is 1. The van der Waals surface area contributed by atoms with Crippen molar-refractivity contribution in [3.8, 4) is 0 Å². The minimum absolute atomic E-state index is 0.0682. The predicted octanol–water partition coefficient (Wildman–Crippen LogP) is 0.675. The van der Waals surface area contributed by atoms with E-state index >= 15 is 0 Å². The molecule has 0 bridgehead atoms. The van der Waals surface area contributed by atoms with Gasteiger partial charge < -0.3 is 15.4 Å². The summed E-state index contributed by atoms with van der Waals surface area (Å²) in [6, 6.07) is 2.68. The number of benzene rings is 1. The molecule has 0 unspecified atom stereocenters. The summed E-state index contributed by atoms with van der Waals surface area (Å²) in [4.78, 5) is 13.1. The fourth-order valence-electron chi connectivity index (χ4n) is 2.85. The van der Waals surface area contributed by atoms with Crippen molar-refractivity contribution in [2.75, 3.05) is 26.7 Å². The highest BCUT2D eigenvalue weighted by Gasteiger charge is 2.54. The normalized spacial score (nSPS) is 23.5. The Morgan fingerprint density at radius 1 is 1.56 bits per heavy atom. The number of hydrogen-bond acceptors (Lipinski definition) is 5. The van der Waals surface area contributed by atoms with Crippen LogP contribution in [0.4, 0.5) is 13.6 Å². The molecule has 10 heteroatoms. The molecule has 1 fully saturated rings. The lowest BCUT2D eigenvalue weighted by atomic mass is 9.89. The molecule has 1 aromatic rings. The summed E-state index contributed by atoms with van der Waals surface area (Å²) in [5.41, 5.74) is 4.27. The summed E-state index contributed by atoms with van der Waals surface area (Å²) in [5, 5.41) is -1.35. The minimum atomic E-state index is -3.97. The van der Waals surface area contributed by atoms with E-state index in [2.05, 4.69) is 11.3 Å². The monoisotopic (exact) mass is 375 g/mol. The number of halogens is 2. The number of carbonyl (C=O) groups is 1. The van der Waals surface area contributed by atoms with E-state index in [0.29, 0.717) is 6.07 Å². The van der Waals surface area contributed by atoms with Gasteiger partial charge in [0.1, 0.15) is 23.5 Å². The smallest absolute Gasteiger partial charge is 0.410 e. The molecular formula is C15H19F2N3O4S. The molecule has 0 aliphatic carbocycles. The number of rotatable bonds is 5. The van der Waals surface area contributed by atoms with Crippen LogP contribution in [0.3, 0.4) is 0 Å². The van der Waals surface area contributed by atoms with E-state index in [4.69, 9.17) is 10.5 Å². The zero-order chi connectivity index (χ0) is 18.8. The van der Waals surface area contributed by atoms with Crippen molar-refractivity contribution >= 4 is 16.1 Å². The average molecular weight is 375 g/mol. The number of hydrogen-bond donors (Lipinski definition) is 2. The Bertz CT molecular complexity index is 787. The van der Waals surface area contributed by atoms with Crippen molar-refractivity contribution in [2.24, 2.45) is 5.73 Å². The third kappa shape index (κ3) is 3.65. The molecule has 0 aromatic heterocycles. The van der Waals surface area contributed by atoms with Crippen LogP contribution in [0.2, 0.25) is 0 Å². The maximum absolute atomic E-state index is 14.3. The van der Waals surface area contributed by atoms with Gasteiger partial charge >= 0.3 is 6.09 Å². The maximum Gasteiger partial charge on any atom is 0.410 e. The van der Waals surface area contributed by atoms with Gasteiger partial charge in [0.2, 0.25) is 10.0 Å². The summed E-state index contributed by atoms with van der Waals surface area (Å²) in [6.07, 6.45) is 0.552. The molecular weight excluding hydrogens is 356 g/mol. The number of nitrogens with zero attached hydrogens (tertiary/aromatic N) is 1. The van der Waals surface area contributed by atoms with Gasteiger partial charge in [-0.25, -0.2) is 26.7 Å². The first kappa shape index (κ1) is 19.3. The summed E-state index contributed by atoms with van der Waals surface area (Å²) in [7, 11) is -2.78. The van der Waals surface area contributed by atoms with Crippen LogP contribution in [0.15, 0.2) is 30.9 Å². The molecule has 3 N–H and O–H groups in total. The van der Waals surface area contributed by atoms with E-state index < -0.39 is 38.5 Å². The van der Waals surface area contributed by atoms with Crippen molar-refractivity contribution < 1.29 is 26.7 Å². The highest BCUT2D eigenvalue weighted by atomic mass is 32.2. The summed E-state index contributed by atoms with van der Waals surface area (Å²) < 4.78 is 59.2. The van der Waals surface area contributed by atoms with Gasteiger partial charge in [-0.1, -0.05) is 18.7 Å². The van der Waals surface area contributed by atoms with Crippen molar-refractivity contribution in [3.05, 3.63) is 48.1 Å². The zero-order valence-corrected chi connectivity index (χ0v) is 14.4. The number of sulfonamides is 1. The Hall–Kier alpha value is -2.04. The van der Waals surface area contributed by atoms with Crippen molar-refractivity contribution in [3.63, 3.8) is 0 Å². The Labute approximate surface area is 144 Å². The third-order valence-corrected chi connectivity index (χ3v) is 5.98. The third-order valence-electron chi connectivity index (χ3n) is 4.09. The van der Waals surface area contributed by atoms with Crippen LogP contribution < -0.4 is 10.5 Å². The van der Waals surface area contributed by atoms with E-state index in [1.54, 1.807) is 0 Å². The fourth-order valence-corrected chi connectivity index (χ4v) is 4.26. The van der Waals surface area contributed by atoms with E-state index in [1.165, 1.54) is 13.1 Å². The Balaban J connectivity index is 2.47. The lowest BCUT2D eigenvalue weighted by Gasteiger charge is -2.30.